The largest absolute Gasteiger partial charge is 0.312 e. The van der Waals surface area contributed by atoms with Crippen LogP contribution >= 0.6 is 0 Å². The summed E-state index contributed by atoms with van der Waals surface area (Å²) in [6.07, 6.45) is 0. The zero-order chi connectivity index (χ0) is 16.8. The van der Waals surface area contributed by atoms with Crippen molar-refractivity contribution in [2.24, 2.45) is 0 Å². The standard InChI is InChI=1S/C18H20FNO2S/c1-3-20(16-10-5-4-6-11-16)18(21)14(2)23(22)13-15-9-7-8-12-17(15)19/h4-12,14H,3,13H2,1-2H3/t14-,23+/m1/s1. The molecule has 0 aliphatic carbocycles. The van der Waals surface area contributed by atoms with Gasteiger partial charge in [-0.25, -0.2) is 4.39 Å². The van der Waals surface area contributed by atoms with Crippen LogP contribution in [-0.4, -0.2) is 21.9 Å². The lowest BCUT2D eigenvalue weighted by atomic mass is 10.2. The monoisotopic (exact) mass is 333 g/mol. The van der Waals surface area contributed by atoms with Crippen molar-refractivity contribution in [3.05, 3.63) is 66.0 Å². The van der Waals surface area contributed by atoms with Crippen LogP contribution in [0.5, 0.6) is 0 Å². The SMILES string of the molecule is CCN(C(=O)[C@@H](C)[S@@](=O)Cc1ccccc1F)c1ccccc1. The molecule has 0 aliphatic heterocycles. The molecule has 2 rings (SSSR count). The van der Waals surface area contributed by atoms with Crippen LogP contribution < -0.4 is 4.90 Å². The van der Waals surface area contributed by atoms with E-state index in [-0.39, 0.29) is 11.7 Å². The maximum absolute atomic E-state index is 13.7. The minimum Gasteiger partial charge on any atom is -0.312 e. The van der Waals surface area contributed by atoms with Gasteiger partial charge in [0.05, 0.1) is 5.75 Å². The van der Waals surface area contributed by atoms with E-state index in [1.54, 1.807) is 30.0 Å². The second-order valence-corrected chi connectivity index (χ2v) is 6.93. The molecule has 2 atom stereocenters. The zero-order valence-corrected chi connectivity index (χ0v) is 14.1. The van der Waals surface area contributed by atoms with Crippen molar-refractivity contribution in [3.63, 3.8) is 0 Å². The van der Waals surface area contributed by atoms with E-state index in [9.17, 15) is 13.4 Å². The van der Waals surface area contributed by atoms with E-state index >= 15 is 0 Å². The number of rotatable bonds is 6. The van der Waals surface area contributed by atoms with Gasteiger partial charge in [-0.05, 0) is 32.0 Å². The Bertz CT molecular complexity index is 690. The molecular weight excluding hydrogens is 313 g/mol. The number of amides is 1. The minimum absolute atomic E-state index is 0.0337. The summed E-state index contributed by atoms with van der Waals surface area (Å²) in [6.45, 7) is 3.99. The number of para-hydroxylation sites is 1. The Hall–Kier alpha value is -2.01. The molecule has 1 amide bonds. The lowest BCUT2D eigenvalue weighted by Gasteiger charge is -2.24. The number of anilines is 1. The topological polar surface area (TPSA) is 37.4 Å². The van der Waals surface area contributed by atoms with Crippen LogP contribution in [0.3, 0.4) is 0 Å². The average Bonchev–Trinajstić information content (AvgIpc) is 2.57. The molecule has 122 valence electrons. The fraction of sp³-hybridized carbons (Fsp3) is 0.278. The van der Waals surface area contributed by atoms with Gasteiger partial charge in [0.2, 0.25) is 5.91 Å². The predicted octanol–water partition coefficient (Wildman–Crippen LogP) is 3.52. The fourth-order valence-electron chi connectivity index (χ4n) is 2.30. The molecule has 2 aromatic rings. The van der Waals surface area contributed by atoms with Gasteiger partial charge in [-0.15, -0.1) is 0 Å². The summed E-state index contributed by atoms with van der Waals surface area (Å²) < 4.78 is 26.1. The van der Waals surface area contributed by atoms with Crippen LogP contribution in [0.1, 0.15) is 19.4 Å². The van der Waals surface area contributed by atoms with E-state index in [2.05, 4.69) is 0 Å². The van der Waals surface area contributed by atoms with Gasteiger partial charge in [0.25, 0.3) is 0 Å². The highest BCUT2D eigenvalue weighted by Crippen LogP contribution is 2.18. The fourth-order valence-corrected chi connectivity index (χ4v) is 3.44. The highest BCUT2D eigenvalue weighted by Gasteiger charge is 2.26. The molecule has 5 heteroatoms. The first-order valence-corrected chi connectivity index (χ1v) is 8.89. The molecule has 0 spiro atoms. The van der Waals surface area contributed by atoms with E-state index in [1.165, 1.54) is 6.07 Å². The van der Waals surface area contributed by atoms with Crippen molar-refractivity contribution >= 4 is 22.4 Å². The van der Waals surface area contributed by atoms with E-state index in [0.717, 1.165) is 5.69 Å². The number of carbonyl (C=O) groups excluding carboxylic acids is 1. The Balaban J connectivity index is 2.12. The molecule has 0 N–H and O–H groups in total. The summed E-state index contributed by atoms with van der Waals surface area (Å²) in [4.78, 5) is 14.2. The van der Waals surface area contributed by atoms with Gasteiger partial charge in [0.15, 0.2) is 0 Å². The molecule has 23 heavy (non-hydrogen) atoms. The van der Waals surface area contributed by atoms with Gasteiger partial charge in [-0.3, -0.25) is 9.00 Å². The molecule has 0 saturated carbocycles. The third-order valence-corrected chi connectivity index (χ3v) is 5.23. The molecule has 2 aromatic carbocycles. The highest BCUT2D eigenvalue weighted by molar-refractivity contribution is 7.85. The van der Waals surface area contributed by atoms with Crippen LogP contribution in [-0.2, 0) is 21.3 Å². The van der Waals surface area contributed by atoms with Gasteiger partial charge in [-0.1, -0.05) is 36.4 Å². The maximum Gasteiger partial charge on any atom is 0.242 e. The first kappa shape index (κ1) is 17.3. The molecule has 0 fully saturated rings. The summed E-state index contributed by atoms with van der Waals surface area (Å²) in [5.41, 5.74) is 1.14. The number of benzene rings is 2. The Kier molecular flexibility index (Phi) is 6.04. The van der Waals surface area contributed by atoms with Gasteiger partial charge in [0.1, 0.15) is 11.1 Å². The third kappa shape index (κ3) is 4.26. The van der Waals surface area contributed by atoms with E-state index in [1.807, 2.05) is 37.3 Å². The molecule has 0 aliphatic rings. The van der Waals surface area contributed by atoms with Gasteiger partial charge >= 0.3 is 0 Å². The maximum atomic E-state index is 13.7. The quantitative estimate of drug-likeness (QED) is 0.811. The lowest BCUT2D eigenvalue weighted by Crippen LogP contribution is -2.40. The Labute approximate surface area is 138 Å². The normalized spacial score (nSPS) is 13.3. The van der Waals surface area contributed by atoms with Crippen molar-refractivity contribution in [1.82, 2.24) is 0 Å². The van der Waals surface area contributed by atoms with Crippen LogP contribution in [0.15, 0.2) is 54.6 Å². The lowest BCUT2D eigenvalue weighted by molar-refractivity contribution is -0.117. The van der Waals surface area contributed by atoms with Crippen LogP contribution in [0, 0.1) is 5.82 Å². The number of carbonyl (C=O) groups is 1. The zero-order valence-electron chi connectivity index (χ0n) is 13.2. The van der Waals surface area contributed by atoms with Crippen molar-refractivity contribution in [2.45, 2.75) is 24.9 Å². The van der Waals surface area contributed by atoms with Crippen molar-refractivity contribution in [2.75, 3.05) is 11.4 Å². The first-order valence-electron chi connectivity index (χ1n) is 7.51. The second kappa shape index (κ2) is 8.02. The van der Waals surface area contributed by atoms with Crippen LogP contribution in [0.2, 0.25) is 0 Å². The molecule has 0 heterocycles. The number of nitrogens with zero attached hydrogens (tertiary/aromatic N) is 1. The van der Waals surface area contributed by atoms with E-state index in [0.29, 0.717) is 12.1 Å². The predicted molar refractivity (Wildman–Crippen MR) is 92.2 cm³/mol. The molecule has 0 aromatic heterocycles. The van der Waals surface area contributed by atoms with Gasteiger partial charge in [-0.2, -0.15) is 0 Å². The van der Waals surface area contributed by atoms with Crippen molar-refractivity contribution < 1.29 is 13.4 Å². The molecule has 0 bridgehead atoms. The summed E-state index contributed by atoms with van der Waals surface area (Å²) >= 11 is 0. The highest BCUT2D eigenvalue weighted by atomic mass is 32.2. The molecule has 0 radical (unpaired) electrons. The van der Waals surface area contributed by atoms with E-state index in [4.69, 9.17) is 0 Å². The first-order chi connectivity index (χ1) is 11.0. The number of halogens is 1. The van der Waals surface area contributed by atoms with E-state index < -0.39 is 21.9 Å². The van der Waals surface area contributed by atoms with Gasteiger partial charge in [0, 0.05) is 28.6 Å². The number of hydrogen-bond donors (Lipinski definition) is 0. The third-order valence-electron chi connectivity index (χ3n) is 3.65. The Morgan fingerprint density at radius 3 is 2.35 bits per heavy atom. The van der Waals surface area contributed by atoms with Crippen LogP contribution in [0.25, 0.3) is 0 Å². The molecule has 0 unspecified atom stereocenters. The summed E-state index contributed by atoms with van der Waals surface area (Å²) in [5.74, 6) is -0.573. The second-order valence-electron chi connectivity index (χ2n) is 5.18. The molecular formula is C18H20FNO2S. The Morgan fingerprint density at radius 1 is 1.13 bits per heavy atom. The van der Waals surface area contributed by atoms with Gasteiger partial charge < -0.3 is 4.90 Å². The molecule has 3 nitrogen and oxygen atoms in total. The van der Waals surface area contributed by atoms with Crippen LogP contribution in [0.4, 0.5) is 10.1 Å². The minimum atomic E-state index is -1.48. The average molecular weight is 333 g/mol. The summed E-state index contributed by atoms with van der Waals surface area (Å²) in [7, 11) is -1.48. The Morgan fingerprint density at radius 2 is 1.74 bits per heavy atom. The summed E-state index contributed by atoms with van der Waals surface area (Å²) in [5, 5.41) is -0.699. The van der Waals surface area contributed by atoms with Crippen molar-refractivity contribution in [3.8, 4) is 0 Å². The summed E-state index contributed by atoms with van der Waals surface area (Å²) in [6, 6.07) is 15.5. The molecule has 0 saturated heterocycles. The smallest absolute Gasteiger partial charge is 0.242 e. The number of hydrogen-bond acceptors (Lipinski definition) is 2. The van der Waals surface area contributed by atoms with Crippen molar-refractivity contribution in [1.29, 1.82) is 0 Å².